The number of carboxylic acid groups (broad SMARTS) is 1. The maximum atomic E-state index is 12.0. The fourth-order valence-electron chi connectivity index (χ4n) is 1.75. The Morgan fingerprint density at radius 3 is 2.42 bits per heavy atom. The van der Waals surface area contributed by atoms with E-state index in [1.807, 2.05) is 0 Å². The van der Waals surface area contributed by atoms with Crippen molar-refractivity contribution in [3.05, 3.63) is 29.3 Å². The molecule has 0 saturated carbocycles. The quantitative estimate of drug-likeness (QED) is 0.873. The van der Waals surface area contributed by atoms with E-state index in [2.05, 4.69) is 5.32 Å². The average Bonchev–Trinajstić information content (AvgIpc) is 2.32. The van der Waals surface area contributed by atoms with Crippen LogP contribution in [0.1, 0.15) is 20.3 Å². The van der Waals surface area contributed by atoms with Crippen molar-refractivity contribution in [3.8, 4) is 0 Å². The number of carboxylic acids is 1. The van der Waals surface area contributed by atoms with Crippen LogP contribution in [0.2, 0.25) is 5.02 Å². The summed E-state index contributed by atoms with van der Waals surface area (Å²) in [7, 11) is 0. The third kappa shape index (κ3) is 4.79. The molecule has 0 fully saturated rings. The molecule has 1 aromatic carbocycles. The van der Waals surface area contributed by atoms with Crippen molar-refractivity contribution in [3.63, 3.8) is 0 Å². The molecular weight excluding hydrogens is 268 g/mol. The zero-order chi connectivity index (χ0) is 14.4. The van der Waals surface area contributed by atoms with Crippen LogP contribution >= 0.6 is 11.6 Å². The zero-order valence-corrected chi connectivity index (χ0v) is 11.6. The Labute approximate surface area is 117 Å². The number of nitrogens with zero attached hydrogens (tertiary/aromatic N) is 1. The van der Waals surface area contributed by atoms with Crippen LogP contribution < -0.4 is 5.32 Å². The van der Waals surface area contributed by atoms with E-state index in [0.29, 0.717) is 17.3 Å². The van der Waals surface area contributed by atoms with Gasteiger partial charge < -0.3 is 15.3 Å². The number of aliphatic carboxylic acids is 1. The molecule has 0 heterocycles. The monoisotopic (exact) mass is 284 g/mol. The van der Waals surface area contributed by atoms with Gasteiger partial charge in [0.2, 0.25) is 0 Å². The first kappa shape index (κ1) is 15.3. The van der Waals surface area contributed by atoms with Gasteiger partial charge in [0.05, 0.1) is 6.42 Å². The number of benzene rings is 1. The van der Waals surface area contributed by atoms with Gasteiger partial charge in [-0.25, -0.2) is 4.79 Å². The molecule has 1 rings (SSSR count). The summed E-state index contributed by atoms with van der Waals surface area (Å²) in [5.74, 6) is -0.926. The largest absolute Gasteiger partial charge is 0.481 e. The van der Waals surface area contributed by atoms with Crippen LogP contribution in [-0.4, -0.2) is 34.6 Å². The minimum absolute atomic E-state index is 0.0815. The molecule has 0 aliphatic carbocycles. The minimum atomic E-state index is -0.926. The van der Waals surface area contributed by atoms with Crippen LogP contribution in [0.25, 0.3) is 0 Å². The highest BCUT2D eigenvalue weighted by atomic mass is 35.5. The lowest BCUT2D eigenvalue weighted by Crippen LogP contribution is -2.42. The summed E-state index contributed by atoms with van der Waals surface area (Å²) in [6.45, 7) is 3.95. The number of carbonyl (C=O) groups is 2. The first-order valence-electron chi connectivity index (χ1n) is 5.99. The maximum absolute atomic E-state index is 12.0. The summed E-state index contributed by atoms with van der Waals surface area (Å²) in [5, 5.41) is 12.1. The Bertz CT molecular complexity index is 448. The van der Waals surface area contributed by atoms with E-state index in [0.717, 1.165) is 0 Å². The minimum Gasteiger partial charge on any atom is -0.481 e. The average molecular weight is 285 g/mol. The molecule has 0 saturated heterocycles. The zero-order valence-electron chi connectivity index (χ0n) is 10.9. The first-order chi connectivity index (χ1) is 8.93. The SMILES string of the molecule is CCN(C(=O)Nc1ccc(Cl)cc1)C(C)CC(=O)O. The van der Waals surface area contributed by atoms with Crippen molar-refractivity contribution in [2.45, 2.75) is 26.3 Å². The van der Waals surface area contributed by atoms with Crippen LogP contribution in [-0.2, 0) is 4.79 Å². The highest BCUT2D eigenvalue weighted by molar-refractivity contribution is 6.30. The summed E-state index contributed by atoms with van der Waals surface area (Å²) >= 11 is 5.76. The van der Waals surface area contributed by atoms with Crippen LogP contribution in [0.3, 0.4) is 0 Å². The fourth-order valence-corrected chi connectivity index (χ4v) is 1.87. The molecule has 0 spiro atoms. The lowest BCUT2D eigenvalue weighted by molar-refractivity contribution is -0.137. The van der Waals surface area contributed by atoms with Gasteiger partial charge in [0, 0.05) is 23.3 Å². The van der Waals surface area contributed by atoms with E-state index in [-0.39, 0.29) is 18.5 Å². The second-order valence-corrected chi connectivity index (χ2v) is 4.61. The van der Waals surface area contributed by atoms with E-state index in [1.54, 1.807) is 38.1 Å². The van der Waals surface area contributed by atoms with Gasteiger partial charge in [-0.05, 0) is 38.1 Å². The molecule has 0 aromatic heterocycles. The highest BCUT2D eigenvalue weighted by Crippen LogP contribution is 2.15. The van der Waals surface area contributed by atoms with Crippen LogP contribution in [0.15, 0.2) is 24.3 Å². The molecule has 0 aliphatic heterocycles. The van der Waals surface area contributed by atoms with Crippen LogP contribution in [0.5, 0.6) is 0 Å². The number of nitrogens with one attached hydrogen (secondary N) is 1. The molecule has 6 heteroatoms. The molecule has 0 aliphatic rings. The van der Waals surface area contributed by atoms with E-state index in [1.165, 1.54) is 4.90 Å². The van der Waals surface area contributed by atoms with Crippen molar-refractivity contribution < 1.29 is 14.7 Å². The Morgan fingerprint density at radius 2 is 1.95 bits per heavy atom. The van der Waals surface area contributed by atoms with Crippen molar-refractivity contribution in [2.24, 2.45) is 0 Å². The summed E-state index contributed by atoms with van der Waals surface area (Å²) in [4.78, 5) is 24.2. The molecule has 1 unspecified atom stereocenters. The number of amides is 2. The van der Waals surface area contributed by atoms with Gasteiger partial charge in [0.1, 0.15) is 0 Å². The molecule has 2 N–H and O–H groups in total. The standard InChI is InChI=1S/C13H17ClN2O3/c1-3-16(9(2)8-12(17)18)13(19)15-11-6-4-10(14)5-7-11/h4-7,9H,3,8H2,1-2H3,(H,15,19)(H,17,18). The molecule has 0 bridgehead atoms. The molecule has 0 radical (unpaired) electrons. The number of hydrogen-bond acceptors (Lipinski definition) is 2. The van der Waals surface area contributed by atoms with E-state index >= 15 is 0 Å². The second-order valence-electron chi connectivity index (χ2n) is 4.17. The Hall–Kier alpha value is -1.75. The van der Waals surface area contributed by atoms with Crippen molar-refractivity contribution in [2.75, 3.05) is 11.9 Å². The number of hydrogen-bond donors (Lipinski definition) is 2. The summed E-state index contributed by atoms with van der Waals surface area (Å²) < 4.78 is 0. The predicted octanol–water partition coefficient (Wildman–Crippen LogP) is 3.06. The smallest absolute Gasteiger partial charge is 0.322 e. The van der Waals surface area contributed by atoms with E-state index < -0.39 is 5.97 Å². The van der Waals surface area contributed by atoms with Gasteiger partial charge in [-0.1, -0.05) is 11.6 Å². The summed E-state index contributed by atoms with van der Waals surface area (Å²) in [5.41, 5.74) is 0.621. The first-order valence-corrected chi connectivity index (χ1v) is 6.36. The van der Waals surface area contributed by atoms with E-state index in [4.69, 9.17) is 16.7 Å². The van der Waals surface area contributed by atoms with Gasteiger partial charge in [-0.2, -0.15) is 0 Å². The molecule has 19 heavy (non-hydrogen) atoms. The normalized spacial score (nSPS) is 11.7. The van der Waals surface area contributed by atoms with E-state index in [9.17, 15) is 9.59 Å². The van der Waals surface area contributed by atoms with Crippen molar-refractivity contribution in [1.82, 2.24) is 4.90 Å². The molecule has 1 aromatic rings. The van der Waals surface area contributed by atoms with Crippen molar-refractivity contribution >= 4 is 29.3 Å². The lowest BCUT2D eigenvalue weighted by Gasteiger charge is -2.27. The van der Waals surface area contributed by atoms with Crippen molar-refractivity contribution in [1.29, 1.82) is 0 Å². The number of urea groups is 1. The van der Waals surface area contributed by atoms with Gasteiger partial charge >= 0.3 is 12.0 Å². The molecule has 5 nitrogen and oxygen atoms in total. The maximum Gasteiger partial charge on any atom is 0.322 e. The summed E-state index contributed by atoms with van der Waals surface area (Å²) in [6, 6.07) is 6.04. The topological polar surface area (TPSA) is 69.6 Å². The third-order valence-corrected chi connectivity index (χ3v) is 2.95. The van der Waals surface area contributed by atoms with Crippen LogP contribution in [0.4, 0.5) is 10.5 Å². The molecule has 1 atom stereocenters. The number of halogens is 1. The molecular formula is C13H17ClN2O3. The fraction of sp³-hybridized carbons (Fsp3) is 0.385. The Balaban J connectivity index is 2.68. The Morgan fingerprint density at radius 1 is 1.37 bits per heavy atom. The predicted molar refractivity (Wildman–Crippen MR) is 74.6 cm³/mol. The van der Waals surface area contributed by atoms with Crippen LogP contribution in [0, 0.1) is 0 Å². The highest BCUT2D eigenvalue weighted by Gasteiger charge is 2.20. The van der Waals surface area contributed by atoms with Gasteiger partial charge in [-0.15, -0.1) is 0 Å². The second kappa shape index (κ2) is 6.99. The number of rotatable bonds is 5. The van der Waals surface area contributed by atoms with Gasteiger partial charge in [0.25, 0.3) is 0 Å². The van der Waals surface area contributed by atoms with Gasteiger partial charge in [-0.3, -0.25) is 4.79 Å². The summed E-state index contributed by atoms with van der Waals surface area (Å²) in [6.07, 6.45) is -0.0815. The Kier molecular flexibility index (Phi) is 5.63. The number of carbonyl (C=O) groups excluding carboxylic acids is 1. The third-order valence-electron chi connectivity index (χ3n) is 2.70. The van der Waals surface area contributed by atoms with Gasteiger partial charge in [0.15, 0.2) is 0 Å². The molecule has 2 amide bonds. The lowest BCUT2D eigenvalue weighted by atomic mass is 10.2. The molecule has 104 valence electrons. The number of anilines is 1.